The zero-order chi connectivity index (χ0) is 27.3. The molecule has 1 aliphatic rings. The van der Waals surface area contributed by atoms with Gasteiger partial charge in [-0.25, -0.2) is 9.59 Å². The normalized spacial score (nSPS) is 17.8. The Balaban J connectivity index is 0.00000118. The number of amidine groups is 1. The molecule has 1 fully saturated rings. The number of hydroxylamine groups is 1. The van der Waals surface area contributed by atoms with Crippen LogP contribution in [0.1, 0.15) is 49.8 Å². The molecule has 0 spiro atoms. The SMILES string of the molecule is CCCCOC(=O)OC(=O)C(N)CNC(=O)C[C@H]1C[C@@H](c2ccc(C(=N)N)cc2)NO1.CS(=O)(=O)O. The molecule has 1 saturated heterocycles. The molecule has 1 unspecified atom stereocenters. The molecule has 1 heterocycles. The highest BCUT2D eigenvalue weighted by molar-refractivity contribution is 7.85. The summed E-state index contributed by atoms with van der Waals surface area (Å²) in [4.78, 5) is 40.7. The minimum Gasteiger partial charge on any atom is -0.434 e. The van der Waals surface area contributed by atoms with Crippen molar-refractivity contribution in [2.45, 2.75) is 50.8 Å². The number of hydrogen-bond acceptors (Lipinski definition) is 11. The van der Waals surface area contributed by atoms with E-state index in [1.807, 2.05) is 19.1 Å². The van der Waals surface area contributed by atoms with Crippen molar-refractivity contribution in [1.82, 2.24) is 10.8 Å². The number of nitrogens with one attached hydrogen (secondary N) is 3. The van der Waals surface area contributed by atoms with E-state index in [2.05, 4.69) is 15.5 Å². The summed E-state index contributed by atoms with van der Waals surface area (Å²) in [5, 5.41) is 9.95. The van der Waals surface area contributed by atoms with Gasteiger partial charge in [-0.05, 0) is 18.4 Å². The third-order valence-electron chi connectivity index (χ3n) is 4.64. The summed E-state index contributed by atoms with van der Waals surface area (Å²) in [7, 11) is -3.67. The van der Waals surface area contributed by atoms with Crippen molar-refractivity contribution < 1.29 is 41.7 Å². The van der Waals surface area contributed by atoms with Crippen LogP contribution in [0.4, 0.5) is 4.79 Å². The van der Waals surface area contributed by atoms with E-state index in [9.17, 15) is 22.8 Å². The Labute approximate surface area is 209 Å². The van der Waals surface area contributed by atoms with Crippen molar-refractivity contribution in [3.8, 4) is 0 Å². The number of nitrogens with two attached hydrogens (primary N) is 2. The number of rotatable bonds is 10. The molecule has 0 radical (unpaired) electrons. The average molecular weight is 532 g/mol. The second-order valence-corrected chi connectivity index (χ2v) is 9.37. The van der Waals surface area contributed by atoms with Crippen LogP contribution in [0.3, 0.4) is 0 Å². The summed E-state index contributed by atoms with van der Waals surface area (Å²) in [6.07, 6.45) is 1.36. The Morgan fingerprint density at radius 3 is 2.47 bits per heavy atom. The van der Waals surface area contributed by atoms with Crippen molar-refractivity contribution in [3.63, 3.8) is 0 Å². The molecule has 202 valence electrons. The summed E-state index contributed by atoms with van der Waals surface area (Å²) in [5.74, 6) is -1.34. The zero-order valence-electron chi connectivity index (χ0n) is 20.1. The van der Waals surface area contributed by atoms with Gasteiger partial charge in [0.2, 0.25) is 5.91 Å². The topological polar surface area (TPSA) is 233 Å². The lowest BCUT2D eigenvalue weighted by molar-refractivity contribution is -0.141. The maximum absolute atomic E-state index is 12.1. The molecule has 1 aromatic rings. The molecule has 2 rings (SSSR count). The molecule has 0 aliphatic carbocycles. The lowest BCUT2D eigenvalue weighted by Gasteiger charge is -2.13. The molecule has 1 amide bonds. The maximum atomic E-state index is 12.1. The lowest BCUT2D eigenvalue weighted by Crippen LogP contribution is -2.44. The summed E-state index contributed by atoms with van der Waals surface area (Å²) >= 11 is 0. The number of nitrogen functional groups attached to an aromatic ring is 1. The van der Waals surface area contributed by atoms with Crippen molar-refractivity contribution in [1.29, 1.82) is 5.41 Å². The predicted octanol–water partition coefficient (Wildman–Crippen LogP) is 0.123. The third-order valence-corrected chi connectivity index (χ3v) is 4.64. The molecule has 8 N–H and O–H groups in total. The van der Waals surface area contributed by atoms with Gasteiger partial charge in [-0.15, -0.1) is 0 Å². The van der Waals surface area contributed by atoms with E-state index in [1.165, 1.54) is 0 Å². The van der Waals surface area contributed by atoms with Crippen LogP contribution in [0.15, 0.2) is 24.3 Å². The fraction of sp³-hybridized carbons (Fsp3) is 0.524. The second kappa shape index (κ2) is 15.1. The van der Waals surface area contributed by atoms with Gasteiger partial charge in [-0.3, -0.25) is 19.6 Å². The van der Waals surface area contributed by atoms with Gasteiger partial charge in [0.05, 0.1) is 31.4 Å². The molecule has 3 atom stereocenters. The van der Waals surface area contributed by atoms with Gasteiger partial charge in [0.25, 0.3) is 10.1 Å². The summed E-state index contributed by atoms with van der Waals surface area (Å²) in [5.41, 5.74) is 15.6. The van der Waals surface area contributed by atoms with Gasteiger partial charge in [0.15, 0.2) is 0 Å². The van der Waals surface area contributed by atoms with E-state index in [1.54, 1.807) is 12.1 Å². The molecular weight excluding hydrogens is 498 g/mol. The second-order valence-electron chi connectivity index (χ2n) is 7.90. The maximum Gasteiger partial charge on any atom is 0.516 e. The van der Waals surface area contributed by atoms with Gasteiger partial charge >= 0.3 is 12.1 Å². The Kier molecular flexibility index (Phi) is 13.0. The molecule has 0 bridgehead atoms. The standard InChI is InChI=1S/C20H29N5O6.CH4O3S/c1-2-3-8-29-20(28)30-19(27)15(21)11-24-17(26)10-14-9-16(25-31-14)12-4-6-13(7-5-12)18(22)23;1-5(2,3)4/h4-7,14-16,25H,2-3,8-11,21H2,1H3,(H3,22,23)(H,24,26);1H3,(H,2,3,4)/t14-,15?,16+;/m1./s1. The Hall–Kier alpha value is -3.11. The first-order valence-electron chi connectivity index (χ1n) is 11.0. The number of benzene rings is 1. The van der Waals surface area contributed by atoms with E-state index >= 15 is 0 Å². The van der Waals surface area contributed by atoms with Crippen molar-refractivity contribution >= 4 is 34.0 Å². The first-order chi connectivity index (χ1) is 16.8. The van der Waals surface area contributed by atoms with Gasteiger partial charge in [0, 0.05) is 12.1 Å². The summed E-state index contributed by atoms with van der Waals surface area (Å²) < 4.78 is 35.1. The monoisotopic (exact) mass is 531 g/mol. The minimum absolute atomic E-state index is 0.00722. The highest BCUT2D eigenvalue weighted by Gasteiger charge is 2.29. The molecule has 1 aliphatic heterocycles. The van der Waals surface area contributed by atoms with Gasteiger partial charge in [-0.2, -0.15) is 13.9 Å². The fourth-order valence-electron chi connectivity index (χ4n) is 2.83. The molecule has 0 aromatic heterocycles. The Bertz CT molecular complexity index is 994. The van der Waals surface area contributed by atoms with Crippen molar-refractivity contribution in [3.05, 3.63) is 35.4 Å². The van der Waals surface area contributed by atoms with Gasteiger partial charge in [0.1, 0.15) is 11.9 Å². The number of ether oxygens (including phenoxy) is 2. The van der Waals surface area contributed by atoms with Crippen LogP contribution in [0.2, 0.25) is 0 Å². The predicted molar refractivity (Wildman–Crippen MR) is 128 cm³/mol. The van der Waals surface area contributed by atoms with E-state index < -0.39 is 28.3 Å². The van der Waals surface area contributed by atoms with E-state index in [-0.39, 0.29) is 43.5 Å². The van der Waals surface area contributed by atoms with Crippen molar-refractivity contribution in [2.75, 3.05) is 19.4 Å². The van der Waals surface area contributed by atoms with Crippen molar-refractivity contribution in [2.24, 2.45) is 11.5 Å². The van der Waals surface area contributed by atoms with E-state index in [0.29, 0.717) is 24.7 Å². The third kappa shape index (κ3) is 13.1. The van der Waals surface area contributed by atoms with Crippen LogP contribution in [-0.4, -0.2) is 68.4 Å². The number of carbonyl (C=O) groups is 3. The molecular formula is C21H33N5O9S. The number of hydrogen-bond donors (Lipinski definition) is 6. The number of carbonyl (C=O) groups excluding carboxylic acids is 3. The Morgan fingerprint density at radius 2 is 1.92 bits per heavy atom. The average Bonchev–Trinajstić information content (AvgIpc) is 3.24. The number of unbranched alkanes of at least 4 members (excludes halogenated alkanes) is 1. The number of amides is 1. The lowest BCUT2D eigenvalue weighted by atomic mass is 9.99. The first kappa shape index (κ1) is 30.9. The molecule has 1 aromatic carbocycles. The molecule has 14 nitrogen and oxygen atoms in total. The highest BCUT2D eigenvalue weighted by Crippen LogP contribution is 2.27. The molecule has 36 heavy (non-hydrogen) atoms. The largest absolute Gasteiger partial charge is 0.516 e. The van der Waals surface area contributed by atoms with Gasteiger partial charge in [-0.1, -0.05) is 37.6 Å². The summed E-state index contributed by atoms with van der Waals surface area (Å²) in [6, 6.07) is 5.89. The van der Waals surface area contributed by atoms with Crippen LogP contribution >= 0.6 is 0 Å². The first-order valence-corrected chi connectivity index (χ1v) is 12.8. The van der Waals surface area contributed by atoms with Crippen LogP contribution in [-0.2, 0) is 34.0 Å². The van der Waals surface area contributed by atoms with Crippen LogP contribution in [0, 0.1) is 5.41 Å². The summed E-state index contributed by atoms with van der Waals surface area (Å²) in [6.45, 7) is 1.90. The van der Waals surface area contributed by atoms with Gasteiger partial charge < -0.3 is 26.3 Å². The molecule has 15 heteroatoms. The minimum atomic E-state index is -3.67. The smallest absolute Gasteiger partial charge is 0.434 e. The van der Waals surface area contributed by atoms with E-state index in [0.717, 1.165) is 12.0 Å². The highest BCUT2D eigenvalue weighted by atomic mass is 32.2. The van der Waals surface area contributed by atoms with Crippen LogP contribution in [0.25, 0.3) is 0 Å². The van der Waals surface area contributed by atoms with Crippen LogP contribution < -0.4 is 22.3 Å². The van der Waals surface area contributed by atoms with Crippen LogP contribution in [0.5, 0.6) is 0 Å². The van der Waals surface area contributed by atoms with E-state index in [4.69, 9.17) is 31.0 Å². The fourth-order valence-corrected chi connectivity index (χ4v) is 2.83. The zero-order valence-corrected chi connectivity index (χ0v) is 20.9. The number of esters is 1. The Morgan fingerprint density at radius 1 is 1.31 bits per heavy atom. The molecule has 0 saturated carbocycles. The quantitative estimate of drug-likeness (QED) is 0.0590.